The zero-order valence-electron chi connectivity index (χ0n) is 12.0. The Morgan fingerprint density at radius 1 is 1.47 bits per heavy atom. The Bertz CT molecular complexity index is 398. The molecule has 106 valence electrons. The summed E-state index contributed by atoms with van der Waals surface area (Å²) in [5, 5.41) is 8.50. The van der Waals surface area contributed by atoms with Gasteiger partial charge in [-0.2, -0.15) is 0 Å². The van der Waals surface area contributed by atoms with Crippen molar-refractivity contribution in [2.45, 2.75) is 45.2 Å². The Hall–Kier alpha value is -0.870. The van der Waals surface area contributed by atoms with Crippen LogP contribution in [0, 0.1) is 11.8 Å². The van der Waals surface area contributed by atoms with Crippen LogP contribution in [0.25, 0.3) is 0 Å². The molecule has 1 aromatic heterocycles. The zero-order valence-corrected chi connectivity index (χ0v) is 12.8. The van der Waals surface area contributed by atoms with Gasteiger partial charge in [-0.15, -0.1) is 11.3 Å². The van der Waals surface area contributed by atoms with Crippen LogP contribution < -0.4 is 10.6 Å². The zero-order chi connectivity index (χ0) is 13.8. The summed E-state index contributed by atoms with van der Waals surface area (Å²) in [6.07, 6.45) is 3.43. The van der Waals surface area contributed by atoms with Crippen molar-refractivity contribution in [3.05, 3.63) is 22.4 Å². The second-order valence-corrected chi connectivity index (χ2v) is 6.77. The van der Waals surface area contributed by atoms with Crippen LogP contribution in [-0.4, -0.2) is 19.0 Å². The highest BCUT2D eigenvalue weighted by Gasteiger charge is 2.35. The summed E-state index contributed by atoms with van der Waals surface area (Å²) in [4.78, 5) is 13.4. The van der Waals surface area contributed by atoms with Gasteiger partial charge >= 0.3 is 0 Å². The molecule has 0 saturated heterocycles. The summed E-state index contributed by atoms with van der Waals surface area (Å²) in [5.74, 6) is 1.33. The molecule has 0 bridgehead atoms. The average Bonchev–Trinajstić information content (AvgIpc) is 3.07. The van der Waals surface area contributed by atoms with Gasteiger partial charge in [-0.3, -0.25) is 10.1 Å². The number of likely N-dealkylation sites (N-methyl/N-ethyl adjacent to an activating group) is 1. The normalized spacial score (nSPS) is 18.3. The minimum atomic E-state index is -0.0855. The molecular weight excluding hydrogens is 256 g/mol. The highest BCUT2D eigenvalue weighted by atomic mass is 32.1. The molecule has 19 heavy (non-hydrogen) atoms. The molecule has 1 aliphatic carbocycles. The van der Waals surface area contributed by atoms with Crippen LogP contribution in [0.15, 0.2) is 17.5 Å². The number of amides is 1. The lowest BCUT2D eigenvalue weighted by Gasteiger charge is -2.25. The molecule has 1 heterocycles. The number of hydrogen-bond donors (Lipinski definition) is 2. The van der Waals surface area contributed by atoms with E-state index in [1.165, 1.54) is 17.7 Å². The standard InChI is InChI=1S/C15H24N2OS/c1-10(2)9-12(15(18)16-3)17-14(11-6-7-11)13-5-4-8-19-13/h4-5,8,10-12,14,17H,6-7,9H2,1-3H3,(H,16,18). The first-order valence-electron chi connectivity index (χ1n) is 7.13. The van der Waals surface area contributed by atoms with Gasteiger partial charge in [0.2, 0.25) is 5.91 Å². The number of thiophene rings is 1. The summed E-state index contributed by atoms with van der Waals surface area (Å²) < 4.78 is 0. The molecule has 2 N–H and O–H groups in total. The maximum atomic E-state index is 12.0. The Morgan fingerprint density at radius 3 is 2.68 bits per heavy atom. The number of carbonyl (C=O) groups excluding carboxylic acids is 1. The molecule has 3 nitrogen and oxygen atoms in total. The van der Waals surface area contributed by atoms with Crippen LogP contribution in [0.1, 0.15) is 44.0 Å². The van der Waals surface area contributed by atoms with Gasteiger partial charge in [0.1, 0.15) is 0 Å². The molecule has 0 aromatic carbocycles. The third-order valence-electron chi connectivity index (χ3n) is 3.59. The summed E-state index contributed by atoms with van der Waals surface area (Å²) in [6, 6.07) is 4.53. The fourth-order valence-electron chi connectivity index (χ4n) is 2.46. The summed E-state index contributed by atoms with van der Waals surface area (Å²) in [6.45, 7) is 4.32. The van der Waals surface area contributed by atoms with E-state index in [4.69, 9.17) is 0 Å². The summed E-state index contributed by atoms with van der Waals surface area (Å²) >= 11 is 1.79. The lowest BCUT2D eigenvalue weighted by atomic mass is 10.0. The maximum absolute atomic E-state index is 12.0. The molecule has 2 unspecified atom stereocenters. The average molecular weight is 280 g/mol. The Morgan fingerprint density at radius 2 is 2.21 bits per heavy atom. The summed E-state index contributed by atoms with van der Waals surface area (Å²) in [7, 11) is 1.72. The van der Waals surface area contributed by atoms with Crippen molar-refractivity contribution >= 4 is 17.2 Å². The third-order valence-corrected chi connectivity index (χ3v) is 4.55. The predicted molar refractivity (Wildman–Crippen MR) is 80.2 cm³/mol. The molecule has 2 atom stereocenters. The SMILES string of the molecule is CNC(=O)C(CC(C)C)NC(c1cccs1)C1CC1. The highest BCUT2D eigenvalue weighted by Crippen LogP contribution is 2.42. The van der Waals surface area contributed by atoms with Gasteiger partial charge < -0.3 is 5.32 Å². The van der Waals surface area contributed by atoms with E-state index in [2.05, 4.69) is 42.0 Å². The Balaban J connectivity index is 2.06. The predicted octanol–water partition coefficient (Wildman–Crippen LogP) is 2.95. The minimum absolute atomic E-state index is 0.0855. The molecule has 4 heteroatoms. The monoisotopic (exact) mass is 280 g/mol. The van der Waals surface area contributed by atoms with Crippen LogP contribution in [0.3, 0.4) is 0 Å². The van der Waals surface area contributed by atoms with Crippen molar-refractivity contribution in [3.63, 3.8) is 0 Å². The van der Waals surface area contributed by atoms with Crippen molar-refractivity contribution < 1.29 is 4.79 Å². The van der Waals surface area contributed by atoms with E-state index >= 15 is 0 Å². The van der Waals surface area contributed by atoms with Crippen LogP contribution in [0.5, 0.6) is 0 Å². The number of nitrogens with one attached hydrogen (secondary N) is 2. The number of rotatable bonds is 7. The Labute approximate surface area is 119 Å². The smallest absolute Gasteiger partial charge is 0.236 e. The van der Waals surface area contributed by atoms with Gasteiger partial charge in [0.25, 0.3) is 0 Å². The van der Waals surface area contributed by atoms with E-state index in [1.807, 2.05) is 0 Å². The van der Waals surface area contributed by atoms with Gasteiger partial charge in [0.05, 0.1) is 6.04 Å². The molecular formula is C15H24N2OS. The Kier molecular flexibility index (Phi) is 4.99. The van der Waals surface area contributed by atoms with Crippen LogP contribution in [0.4, 0.5) is 0 Å². The maximum Gasteiger partial charge on any atom is 0.236 e. The van der Waals surface area contributed by atoms with Gasteiger partial charge in [0.15, 0.2) is 0 Å². The largest absolute Gasteiger partial charge is 0.358 e. The van der Waals surface area contributed by atoms with Crippen molar-refractivity contribution in [2.24, 2.45) is 11.8 Å². The second kappa shape index (κ2) is 6.53. The molecule has 1 fully saturated rings. The molecule has 0 aliphatic heterocycles. The highest BCUT2D eigenvalue weighted by molar-refractivity contribution is 7.10. The van der Waals surface area contributed by atoms with Gasteiger partial charge in [-0.1, -0.05) is 19.9 Å². The second-order valence-electron chi connectivity index (χ2n) is 5.79. The molecule has 0 radical (unpaired) electrons. The van der Waals surface area contributed by atoms with Gasteiger partial charge in [-0.25, -0.2) is 0 Å². The van der Waals surface area contributed by atoms with Crippen molar-refractivity contribution in [3.8, 4) is 0 Å². The molecule has 2 rings (SSSR count). The first-order valence-corrected chi connectivity index (χ1v) is 8.00. The number of hydrogen-bond acceptors (Lipinski definition) is 3. The van der Waals surface area contributed by atoms with Gasteiger partial charge in [0, 0.05) is 18.0 Å². The number of carbonyl (C=O) groups is 1. The van der Waals surface area contributed by atoms with Crippen molar-refractivity contribution in [1.82, 2.24) is 10.6 Å². The van der Waals surface area contributed by atoms with Crippen LogP contribution in [-0.2, 0) is 4.79 Å². The minimum Gasteiger partial charge on any atom is -0.358 e. The fraction of sp³-hybridized carbons (Fsp3) is 0.667. The van der Waals surface area contributed by atoms with E-state index < -0.39 is 0 Å². The van der Waals surface area contributed by atoms with Gasteiger partial charge in [-0.05, 0) is 42.5 Å². The van der Waals surface area contributed by atoms with Crippen LogP contribution >= 0.6 is 11.3 Å². The first kappa shape index (κ1) is 14.5. The molecule has 1 saturated carbocycles. The first-order chi connectivity index (χ1) is 9.11. The van der Waals surface area contributed by atoms with Crippen molar-refractivity contribution in [1.29, 1.82) is 0 Å². The lowest BCUT2D eigenvalue weighted by molar-refractivity contribution is -0.123. The van der Waals surface area contributed by atoms with E-state index in [1.54, 1.807) is 18.4 Å². The molecule has 1 aliphatic rings. The van der Waals surface area contributed by atoms with E-state index in [0.717, 1.165) is 6.42 Å². The van der Waals surface area contributed by atoms with Crippen LogP contribution in [0.2, 0.25) is 0 Å². The van der Waals surface area contributed by atoms with E-state index in [9.17, 15) is 4.79 Å². The van der Waals surface area contributed by atoms with E-state index in [0.29, 0.717) is 17.9 Å². The molecule has 0 spiro atoms. The quantitative estimate of drug-likeness (QED) is 0.806. The topological polar surface area (TPSA) is 41.1 Å². The summed E-state index contributed by atoms with van der Waals surface area (Å²) in [5.41, 5.74) is 0. The fourth-order valence-corrected chi connectivity index (χ4v) is 3.34. The van der Waals surface area contributed by atoms with Crippen molar-refractivity contribution in [2.75, 3.05) is 7.05 Å². The lowest BCUT2D eigenvalue weighted by Crippen LogP contribution is -2.45. The van der Waals surface area contributed by atoms with E-state index in [-0.39, 0.29) is 11.9 Å². The molecule has 1 aromatic rings. The third kappa shape index (κ3) is 4.05. The molecule has 1 amide bonds.